The smallest absolute Gasteiger partial charge is 0.126 e. The van der Waals surface area contributed by atoms with Crippen LogP contribution in [-0.2, 0) is 0 Å². The van der Waals surface area contributed by atoms with Crippen LogP contribution in [0.3, 0.4) is 0 Å². The van der Waals surface area contributed by atoms with Gasteiger partial charge in [0.15, 0.2) is 0 Å². The van der Waals surface area contributed by atoms with Gasteiger partial charge in [0.2, 0.25) is 0 Å². The molecule has 2 rings (SSSR count). The molecule has 0 bridgehead atoms. The lowest BCUT2D eigenvalue weighted by Crippen LogP contribution is -2.18. The fourth-order valence-electron chi connectivity index (χ4n) is 1.66. The summed E-state index contributed by atoms with van der Waals surface area (Å²) in [6.07, 6.45) is 3.59. The summed E-state index contributed by atoms with van der Waals surface area (Å²) in [6, 6.07) is 3.45. The van der Waals surface area contributed by atoms with Gasteiger partial charge in [0.1, 0.15) is 11.6 Å². The van der Waals surface area contributed by atoms with Crippen LogP contribution in [0, 0.1) is 11.6 Å². The molecule has 17 heavy (non-hydrogen) atoms. The van der Waals surface area contributed by atoms with Crippen molar-refractivity contribution in [3.8, 4) is 0 Å². The molecular weight excluding hydrogens is 288 g/mol. The fourth-order valence-corrected chi connectivity index (χ4v) is 2.06. The zero-order chi connectivity index (χ0) is 12.6. The van der Waals surface area contributed by atoms with Crippen LogP contribution in [0.5, 0.6) is 0 Å². The van der Waals surface area contributed by atoms with Crippen molar-refractivity contribution in [2.45, 2.75) is 0 Å². The summed E-state index contributed by atoms with van der Waals surface area (Å²) in [5, 5.41) is 0. The van der Waals surface area contributed by atoms with E-state index in [2.05, 4.69) is 22.5 Å². The zero-order valence-electron chi connectivity index (χ0n) is 9.17. The summed E-state index contributed by atoms with van der Waals surface area (Å²) in [6.45, 7) is 3.88. The van der Waals surface area contributed by atoms with Crippen LogP contribution in [0.15, 0.2) is 47.1 Å². The van der Waals surface area contributed by atoms with E-state index in [0.29, 0.717) is 11.3 Å². The fraction of sp³-hybridized carbons (Fsp3) is 0.0769. The topological polar surface area (TPSA) is 3.24 Å². The van der Waals surface area contributed by atoms with E-state index in [1.54, 1.807) is 24.1 Å². The van der Waals surface area contributed by atoms with E-state index < -0.39 is 11.6 Å². The lowest BCUT2D eigenvalue weighted by Gasteiger charge is -2.27. The van der Waals surface area contributed by atoms with Gasteiger partial charge in [-0.05, 0) is 40.2 Å². The minimum absolute atomic E-state index is 0.488. The molecule has 0 N–H and O–H groups in total. The molecule has 0 fully saturated rings. The third kappa shape index (κ3) is 2.31. The molecule has 0 amide bonds. The van der Waals surface area contributed by atoms with E-state index in [1.807, 2.05) is 0 Å². The maximum atomic E-state index is 13.2. The van der Waals surface area contributed by atoms with Crippen molar-refractivity contribution in [1.82, 2.24) is 4.90 Å². The molecule has 0 unspecified atom stereocenters. The van der Waals surface area contributed by atoms with Crippen molar-refractivity contribution in [2.75, 3.05) is 7.05 Å². The molecule has 1 aromatic rings. The Hall–Kier alpha value is -1.42. The first-order valence-electron chi connectivity index (χ1n) is 4.96. The Balaban J connectivity index is 2.50. The van der Waals surface area contributed by atoms with Crippen LogP contribution in [0.2, 0.25) is 0 Å². The molecule has 0 radical (unpaired) electrons. The van der Waals surface area contributed by atoms with Gasteiger partial charge in [-0.3, -0.25) is 0 Å². The number of rotatable bonds is 1. The molecule has 1 heterocycles. The molecule has 0 spiro atoms. The highest BCUT2D eigenvalue weighted by Crippen LogP contribution is 2.32. The molecule has 0 aliphatic carbocycles. The van der Waals surface area contributed by atoms with Crippen LogP contribution in [0.4, 0.5) is 8.78 Å². The molecule has 1 nitrogen and oxygen atoms in total. The summed E-state index contributed by atoms with van der Waals surface area (Å²) in [7, 11) is 1.80. The lowest BCUT2D eigenvalue weighted by molar-refractivity contribution is 0.576. The average Bonchev–Trinajstić information content (AvgIpc) is 2.24. The van der Waals surface area contributed by atoms with Crippen molar-refractivity contribution in [3.63, 3.8) is 0 Å². The number of hydrogen-bond acceptors (Lipinski definition) is 1. The molecule has 0 atom stereocenters. The van der Waals surface area contributed by atoms with Crippen molar-refractivity contribution < 1.29 is 8.78 Å². The molecule has 1 aliphatic rings. The van der Waals surface area contributed by atoms with Crippen molar-refractivity contribution >= 4 is 21.6 Å². The van der Waals surface area contributed by atoms with Gasteiger partial charge in [-0.15, -0.1) is 0 Å². The number of hydrogen-bond donors (Lipinski definition) is 0. The SMILES string of the molecule is C=C1C(Br)=CC=C(c2cc(F)cc(F)c2)N1C. The minimum atomic E-state index is -0.589. The number of benzene rings is 1. The Morgan fingerprint density at radius 3 is 2.29 bits per heavy atom. The van der Waals surface area contributed by atoms with Crippen molar-refractivity contribution in [2.24, 2.45) is 0 Å². The molecule has 0 aromatic heterocycles. The first-order chi connectivity index (χ1) is 7.99. The second-order valence-electron chi connectivity index (χ2n) is 3.73. The highest BCUT2D eigenvalue weighted by Gasteiger charge is 2.17. The highest BCUT2D eigenvalue weighted by molar-refractivity contribution is 9.12. The quantitative estimate of drug-likeness (QED) is 0.756. The van der Waals surface area contributed by atoms with Gasteiger partial charge in [0, 0.05) is 34.6 Å². The molecule has 4 heteroatoms. The van der Waals surface area contributed by atoms with E-state index in [1.165, 1.54) is 12.1 Å². The molecule has 88 valence electrons. The maximum absolute atomic E-state index is 13.2. The van der Waals surface area contributed by atoms with E-state index in [0.717, 1.165) is 16.2 Å². The Bertz CT molecular complexity index is 526. The predicted octanol–water partition coefficient (Wildman–Crippen LogP) is 4.04. The first kappa shape index (κ1) is 12.0. The number of halogens is 3. The monoisotopic (exact) mass is 297 g/mol. The average molecular weight is 298 g/mol. The Kier molecular flexibility index (Phi) is 3.15. The summed E-state index contributed by atoms with van der Waals surface area (Å²) in [5.41, 5.74) is 1.94. The largest absolute Gasteiger partial charge is 0.344 e. The molecule has 0 saturated carbocycles. The number of allylic oxidation sites excluding steroid dienone is 3. The summed E-state index contributed by atoms with van der Waals surface area (Å²) < 4.78 is 27.1. The summed E-state index contributed by atoms with van der Waals surface area (Å²) in [4.78, 5) is 1.78. The van der Waals surface area contributed by atoms with Crippen LogP contribution < -0.4 is 0 Å². The van der Waals surface area contributed by atoms with Crippen molar-refractivity contribution in [1.29, 1.82) is 0 Å². The second-order valence-corrected chi connectivity index (χ2v) is 4.58. The third-order valence-electron chi connectivity index (χ3n) is 2.59. The predicted molar refractivity (Wildman–Crippen MR) is 68.2 cm³/mol. The van der Waals surface area contributed by atoms with E-state index in [4.69, 9.17) is 0 Å². The van der Waals surface area contributed by atoms with Gasteiger partial charge < -0.3 is 4.90 Å². The van der Waals surface area contributed by atoms with Gasteiger partial charge in [0.25, 0.3) is 0 Å². The maximum Gasteiger partial charge on any atom is 0.126 e. The third-order valence-corrected chi connectivity index (χ3v) is 3.31. The second kappa shape index (κ2) is 4.45. The Labute approximate surface area is 107 Å². The normalized spacial score (nSPS) is 15.8. The highest BCUT2D eigenvalue weighted by atomic mass is 79.9. The van der Waals surface area contributed by atoms with E-state index in [-0.39, 0.29) is 0 Å². The Morgan fingerprint density at radius 1 is 1.12 bits per heavy atom. The molecular formula is C13H10BrF2N. The van der Waals surface area contributed by atoms with Crippen LogP contribution in [-0.4, -0.2) is 11.9 Å². The number of nitrogens with zero attached hydrogens (tertiary/aromatic N) is 1. The van der Waals surface area contributed by atoms with Crippen LogP contribution >= 0.6 is 15.9 Å². The zero-order valence-corrected chi connectivity index (χ0v) is 10.8. The minimum Gasteiger partial charge on any atom is -0.344 e. The van der Waals surface area contributed by atoms with Crippen LogP contribution in [0.25, 0.3) is 5.70 Å². The first-order valence-corrected chi connectivity index (χ1v) is 5.75. The standard InChI is InChI=1S/C13H10BrF2N/c1-8-12(14)3-4-13(17(8)2)9-5-10(15)7-11(16)6-9/h3-7H,1H2,2H3. The molecule has 0 saturated heterocycles. The van der Waals surface area contributed by atoms with Gasteiger partial charge in [0.05, 0.1) is 0 Å². The lowest BCUT2D eigenvalue weighted by atomic mass is 10.1. The van der Waals surface area contributed by atoms with Gasteiger partial charge in [-0.2, -0.15) is 0 Å². The van der Waals surface area contributed by atoms with E-state index in [9.17, 15) is 8.78 Å². The van der Waals surface area contributed by atoms with Gasteiger partial charge in [-0.1, -0.05) is 6.58 Å². The van der Waals surface area contributed by atoms with Crippen molar-refractivity contribution in [3.05, 3.63) is 64.3 Å². The number of likely N-dealkylation sites (N-methyl/N-ethyl adjacent to an activating group) is 1. The Morgan fingerprint density at radius 2 is 1.71 bits per heavy atom. The molecule has 1 aliphatic heterocycles. The van der Waals surface area contributed by atoms with Gasteiger partial charge >= 0.3 is 0 Å². The summed E-state index contributed by atoms with van der Waals surface area (Å²) in [5.74, 6) is -1.18. The summed E-state index contributed by atoms with van der Waals surface area (Å²) >= 11 is 3.35. The van der Waals surface area contributed by atoms with Crippen LogP contribution in [0.1, 0.15) is 5.56 Å². The van der Waals surface area contributed by atoms with E-state index >= 15 is 0 Å². The molecule has 1 aromatic carbocycles. The van der Waals surface area contributed by atoms with Gasteiger partial charge in [-0.25, -0.2) is 8.78 Å².